The Balaban J connectivity index is 2.46. The standard InChI is InChI=1S/C5H12N4O2/c6-5(11)9(4-10)8-2-1-7-3-8/h7,10H,1-4H2,(H2,6,11). The molecule has 0 aromatic heterocycles. The molecule has 0 aromatic rings. The Kier molecular flexibility index (Phi) is 2.64. The van der Waals surface area contributed by atoms with Gasteiger partial charge in [-0.3, -0.25) is 0 Å². The Morgan fingerprint density at radius 3 is 2.91 bits per heavy atom. The summed E-state index contributed by atoms with van der Waals surface area (Å²) in [5, 5.41) is 14.5. The highest BCUT2D eigenvalue weighted by Gasteiger charge is 2.20. The van der Waals surface area contributed by atoms with Gasteiger partial charge in [0.05, 0.1) is 6.67 Å². The average molecular weight is 160 g/mol. The number of hydrazine groups is 1. The minimum atomic E-state index is -0.629. The van der Waals surface area contributed by atoms with E-state index in [0.717, 1.165) is 11.6 Å². The van der Waals surface area contributed by atoms with Crippen LogP contribution in [0.15, 0.2) is 0 Å². The molecule has 1 aliphatic rings. The van der Waals surface area contributed by atoms with Gasteiger partial charge in [-0.05, 0) is 0 Å². The van der Waals surface area contributed by atoms with Gasteiger partial charge in [0, 0.05) is 13.1 Å². The van der Waals surface area contributed by atoms with Crippen molar-refractivity contribution in [1.29, 1.82) is 0 Å². The molecule has 0 saturated carbocycles. The van der Waals surface area contributed by atoms with Crippen LogP contribution in [0.4, 0.5) is 4.79 Å². The lowest BCUT2D eigenvalue weighted by molar-refractivity contribution is -0.0239. The second-order valence-corrected chi connectivity index (χ2v) is 2.27. The molecule has 0 bridgehead atoms. The summed E-state index contributed by atoms with van der Waals surface area (Å²) in [6.45, 7) is 1.70. The van der Waals surface area contributed by atoms with E-state index in [1.54, 1.807) is 5.01 Å². The normalized spacial score (nSPS) is 18.6. The zero-order valence-electron chi connectivity index (χ0n) is 6.16. The number of nitrogens with one attached hydrogen (secondary N) is 1. The molecule has 0 spiro atoms. The highest BCUT2D eigenvalue weighted by molar-refractivity contribution is 5.71. The molecule has 0 radical (unpaired) electrons. The van der Waals surface area contributed by atoms with Gasteiger partial charge in [-0.15, -0.1) is 0 Å². The first-order valence-electron chi connectivity index (χ1n) is 3.39. The summed E-state index contributed by atoms with van der Waals surface area (Å²) in [6.07, 6.45) is 0. The lowest BCUT2D eigenvalue weighted by atomic mass is 10.7. The summed E-state index contributed by atoms with van der Waals surface area (Å²) in [5.41, 5.74) is 4.98. The summed E-state index contributed by atoms with van der Waals surface area (Å²) in [7, 11) is 0. The fourth-order valence-corrected chi connectivity index (χ4v) is 1.000. The van der Waals surface area contributed by atoms with Crippen LogP contribution in [0.3, 0.4) is 0 Å². The number of hydrogen-bond acceptors (Lipinski definition) is 4. The van der Waals surface area contributed by atoms with Gasteiger partial charge in [0.25, 0.3) is 0 Å². The van der Waals surface area contributed by atoms with Crippen LogP contribution in [0.1, 0.15) is 0 Å². The fourth-order valence-electron chi connectivity index (χ4n) is 1.000. The quantitative estimate of drug-likeness (QED) is 0.412. The van der Waals surface area contributed by atoms with Crippen molar-refractivity contribution < 1.29 is 9.90 Å². The number of nitrogens with two attached hydrogens (primary N) is 1. The van der Waals surface area contributed by atoms with Crippen molar-refractivity contribution in [2.45, 2.75) is 0 Å². The molecular weight excluding hydrogens is 148 g/mol. The van der Waals surface area contributed by atoms with E-state index < -0.39 is 6.03 Å². The Morgan fingerprint density at radius 2 is 2.55 bits per heavy atom. The zero-order chi connectivity index (χ0) is 8.27. The molecule has 1 fully saturated rings. The maximum atomic E-state index is 10.6. The molecule has 0 aliphatic carbocycles. The monoisotopic (exact) mass is 160 g/mol. The Bertz CT molecular complexity index is 145. The van der Waals surface area contributed by atoms with Gasteiger partial charge < -0.3 is 16.2 Å². The number of hydrogen-bond donors (Lipinski definition) is 3. The molecule has 1 saturated heterocycles. The van der Waals surface area contributed by atoms with Crippen LogP contribution in [-0.4, -0.2) is 47.6 Å². The molecule has 1 aliphatic heterocycles. The highest BCUT2D eigenvalue weighted by atomic mass is 16.3. The first-order chi connectivity index (χ1) is 5.25. The number of nitrogens with zero attached hydrogens (tertiary/aromatic N) is 2. The Morgan fingerprint density at radius 1 is 1.82 bits per heavy atom. The van der Waals surface area contributed by atoms with E-state index in [-0.39, 0.29) is 6.73 Å². The number of aliphatic hydroxyl groups is 1. The second kappa shape index (κ2) is 3.51. The third-order valence-corrected chi connectivity index (χ3v) is 1.57. The maximum absolute atomic E-state index is 10.6. The fraction of sp³-hybridized carbons (Fsp3) is 0.800. The number of primary amides is 1. The van der Waals surface area contributed by atoms with Crippen molar-refractivity contribution in [3.8, 4) is 0 Å². The predicted octanol–water partition coefficient (Wildman–Crippen LogP) is -1.91. The Labute approximate surface area is 64.5 Å². The molecule has 0 aromatic carbocycles. The second-order valence-electron chi connectivity index (χ2n) is 2.27. The van der Waals surface area contributed by atoms with Crippen molar-refractivity contribution >= 4 is 6.03 Å². The third-order valence-electron chi connectivity index (χ3n) is 1.57. The van der Waals surface area contributed by atoms with Gasteiger partial charge in [0.1, 0.15) is 6.73 Å². The number of rotatable bonds is 2. The number of carbonyl (C=O) groups excluding carboxylic acids is 1. The SMILES string of the molecule is NC(=O)N(CO)N1CCNC1. The van der Waals surface area contributed by atoms with Crippen LogP contribution < -0.4 is 11.1 Å². The van der Waals surface area contributed by atoms with Crippen LogP contribution in [0.25, 0.3) is 0 Å². The average Bonchev–Trinajstić information content (AvgIpc) is 2.40. The van der Waals surface area contributed by atoms with Gasteiger partial charge >= 0.3 is 6.03 Å². The van der Waals surface area contributed by atoms with Gasteiger partial charge in [-0.2, -0.15) is 5.01 Å². The summed E-state index contributed by atoms with van der Waals surface area (Å²) in [6, 6.07) is -0.629. The summed E-state index contributed by atoms with van der Waals surface area (Å²) in [4.78, 5) is 10.6. The third kappa shape index (κ3) is 1.79. The molecule has 2 amide bonds. The van der Waals surface area contributed by atoms with Crippen molar-refractivity contribution in [3.63, 3.8) is 0 Å². The van der Waals surface area contributed by atoms with Crippen molar-refractivity contribution in [2.24, 2.45) is 5.73 Å². The minimum Gasteiger partial charge on any atom is -0.375 e. The van der Waals surface area contributed by atoms with E-state index in [4.69, 9.17) is 10.8 Å². The Hall–Kier alpha value is -0.850. The molecule has 0 unspecified atom stereocenters. The number of carbonyl (C=O) groups is 1. The predicted molar refractivity (Wildman–Crippen MR) is 38.1 cm³/mol. The lowest BCUT2D eigenvalue weighted by Gasteiger charge is -2.26. The molecule has 4 N–H and O–H groups in total. The van der Waals surface area contributed by atoms with E-state index in [2.05, 4.69) is 5.32 Å². The van der Waals surface area contributed by atoms with E-state index in [9.17, 15) is 4.79 Å². The topological polar surface area (TPSA) is 81.8 Å². The summed E-state index contributed by atoms with van der Waals surface area (Å²) in [5.74, 6) is 0. The molecule has 1 rings (SSSR count). The maximum Gasteiger partial charge on any atom is 0.331 e. The van der Waals surface area contributed by atoms with E-state index in [0.29, 0.717) is 13.2 Å². The molecule has 1 heterocycles. The van der Waals surface area contributed by atoms with E-state index >= 15 is 0 Å². The van der Waals surface area contributed by atoms with Gasteiger partial charge in [-0.25, -0.2) is 9.80 Å². The van der Waals surface area contributed by atoms with Crippen LogP contribution >= 0.6 is 0 Å². The van der Waals surface area contributed by atoms with Crippen molar-refractivity contribution in [1.82, 2.24) is 15.3 Å². The molecule has 64 valence electrons. The number of amides is 2. The van der Waals surface area contributed by atoms with Crippen LogP contribution in [0.5, 0.6) is 0 Å². The van der Waals surface area contributed by atoms with E-state index in [1.165, 1.54) is 0 Å². The lowest BCUT2D eigenvalue weighted by Crippen LogP contribution is -2.48. The van der Waals surface area contributed by atoms with Gasteiger partial charge in [-0.1, -0.05) is 0 Å². The summed E-state index contributed by atoms with van der Waals surface area (Å²) >= 11 is 0. The smallest absolute Gasteiger partial charge is 0.331 e. The first kappa shape index (κ1) is 8.25. The largest absolute Gasteiger partial charge is 0.375 e. The van der Waals surface area contributed by atoms with Crippen molar-refractivity contribution in [2.75, 3.05) is 26.5 Å². The molecule has 6 heteroatoms. The van der Waals surface area contributed by atoms with Crippen molar-refractivity contribution in [3.05, 3.63) is 0 Å². The van der Waals surface area contributed by atoms with Crippen LogP contribution in [0.2, 0.25) is 0 Å². The molecule has 0 atom stereocenters. The minimum absolute atomic E-state index is 0.364. The van der Waals surface area contributed by atoms with Gasteiger partial charge in [0.2, 0.25) is 0 Å². The van der Waals surface area contributed by atoms with Crippen LogP contribution in [0, 0.1) is 0 Å². The summed E-state index contributed by atoms with van der Waals surface area (Å²) < 4.78 is 0. The van der Waals surface area contributed by atoms with E-state index in [1.807, 2.05) is 0 Å². The first-order valence-corrected chi connectivity index (χ1v) is 3.39. The molecule has 11 heavy (non-hydrogen) atoms. The number of urea groups is 1. The zero-order valence-corrected chi connectivity index (χ0v) is 6.16. The molecule has 6 nitrogen and oxygen atoms in total. The molecular formula is C5H12N4O2. The number of aliphatic hydroxyl groups excluding tert-OH is 1. The van der Waals surface area contributed by atoms with Gasteiger partial charge in [0.15, 0.2) is 0 Å². The highest BCUT2D eigenvalue weighted by Crippen LogP contribution is 1.98. The van der Waals surface area contributed by atoms with Crippen LogP contribution in [-0.2, 0) is 0 Å².